The van der Waals surface area contributed by atoms with Gasteiger partial charge in [-0.25, -0.2) is 13.1 Å². The van der Waals surface area contributed by atoms with E-state index in [0.29, 0.717) is 31.6 Å². The number of nitrogens with zero attached hydrogens (tertiary/aromatic N) is 4. The van der Waals surface area contributed by atoms with Crippen LogP contribution in [0.15, 0.2) is 41.6 Å². The van der Waals surface area contributed by atoms with Gasteiger partial charge in [-0.15, -0.1) is 0 Å². The maximum atomic E-state index is 13.2. The van der Waals surface area contributed by atoms with Crippen molar-refractivity contribution in [2.75, 3.05) is 17.9 Å². The molecular weight excluding hydrogens is 378 g/mol. The molecule has 0 radical (unpaired) electrons. The third-order valence-corrected chi connectivity index (χ3v) is 6.15. The Kier molecular flexibility index (Phi) is 4.75. The summed E-state index contributed by atoms with van der Waals surface area (Å²) >= 11 is 0. The molecule has 3 aromatic rings. The van der Waals surface area contributed by atoms with Crippen LogP contribution in [0.25, 0.3) is 10.9 Å². The van der Waals surface area contributed by atoms with E-state index in [-0.39, 0.29) is 22.3 Å². The van der Waals surface area contributed by atoms with E-state index in [9.17, 15) is 13.7 Å². The number of aryl methyl sites for hydroxylation is 1. The molecule has 1 aromatic carbocycles. The highest BCUT2D eigenvalue weighted by Crippen LogP contribution is 2.29. The molecular formula is C19H19N5O3S. The second-order valence-corrected chi connectivity index (χ2v) is 8.40. The summed E-state index contributed by atoms with van der Waals surface area (Å²) in [6, 6.07) is 8.88. The first-order valence-corrected chi connectivity index (χ1v) is 10.4. The minimum Gasteiger partial charge on any atom is -0.381 e. The molecule has 0 aliphatic carbocycles. The number of pyridine rings is 1. The molecule has 0 unspecified atom stereocenters. The lowest BCUT2D eigenvalue weighted by atomic mass is 10.1. The van der Waals surface area contributed by atoms with Gasteiger partial charge in [0.15, 0.2) is 5.82 Å². The number of hydrogen-bond donors (Lipinski definition) is 1. The van der Waals surface area contributed by atoms with Crippen molar-refractivity contribution in [3.63, 3.8) is 0 Å². The summed E-state index contributed by atoms with van der Waals surface area (Å²) < 4.78 is 35.9. The van der Waals surface area contributed by atoms with Crippen LogP contribution in [0.4, 0.5) is 5.82 Å². The molecule has 0 saturated carbocycles. The Labute approximate surface area is 162 Å². The number of aromatic nitrogens is 3. The van der Waals surface area contributed by atoms with Crippen molar-refractivity contribution in [3.8, 4) is 6.07 Å². The fourth-order valence-corrected chi connectivity index (χ4v) is 4.65. The number of rotatable bonds is 4. The normalized spacial score (nSPS) is 15.4. The third-order valence-electron chi connectivity index (χ3n) is 4.78. The number of anilines is 1. The van der Waals surface area contributed by atoms with Gasteiger partial charge >= 0.3 is 0 Å². The van der Waals surface area contributed by atoms with Gasteiger partial charge in [0.05, 0.1) is 17.8 Å². The lowest BCUT2D eigenvalue weighted by Gasteiger charge is -2.24. The molecule has 1 aliphatic rings. The zero-order valence-corrected chi connectivity index (χ0v) is 16.1. The van der Waals surface area contributed by atoms with E-state index in [2.05, 4.69) is 14.8 Å². The number of sulfonamides is 1. The van der Waals surface area contributed by atoms with Gasteiger partial charge in [0, 0.05) is 24.8 Å². The lowest BCUT2D eigenvalue weighted by Crippen LogP contribution is -2.24. The van der Waals surface area contributed by atoms with Gasteiger partial charge in [-0.2, -0.15) is 10.4 Å². The molecule has 28 heavy (non-hydrogen) atoms. The minimum atomic E-state index is -3.97. The molecule has 1 saturated heterocycles. The molecule has 0 spiro atoms. The van der Waals surface area contributed by atoms with Crippen LogP contribution >= 0.6 is 0 Å². The topological polar surface area (TPSA) is 110 Å². The maximum absolute atomic E-state index is 13.2. The first kappa shape index (κ1) is 18.4. The van der Waals surface area contributed by atoms with Gasteiger partial charge in [0.1, 0.15) is 16.5 Å². The Hall–Kier alpha value is -2.96. The van der Waals surface area contributed by atoms with Crippen molar-refractivity contribution in [2.24, 2.45) is 0 Å². The van der Waals surface area contributed by atoms with Crippen molar-refractivity contribution < 1.29 is 13.2 Å². The van der Waals surface area contributed by atoms with Gasteiger partial charge in [0.2, 0.25) is 0 Å². The van der Waals surface area contributed by atoms with Crippen molar-refractivity contribution in [3.05, 3.63) is 47.8 Å². The second kappa shape index (κ2) is 7.22. The number of ether oxygens (including phenoxy) is 1. The average Bonchev–Trinajstić information content (AvgIpc) is 3.09. The molecule has 0 atom stereocenters. The highest BCUT2D eigenvalue weighted by molar-refractivity contribution is 7.93. The van der Waals surface area contributed by atoms with E-state index in [1.165, 1.54) is 12.3 Å². The van der Waals surface area contributed by atoms with E-state index in [1.807, 2.05) is 25.1 Å². The Morgan fingerprint density at radius 2 is 2.07 bits per heavy atom. The van der Waals surface area contributed by atoms with Gasteiger partial charge in [-0.05, 0) is 37.5 Å². The van der Waals surface area contributed by atoms with Gasteiger partial charge in [0.25, 0.3) is 10.0 Å². The van der Waals surface area contributed by atoms with E-state index >= 15 is 0 Å². The number of benzene rings is 1. The quantitative estimate of drug-likeness (QED) is 0.725. The van der Waals surface area contributed by atoms with Crippen LogP contribution in [-0.4, -0.2) is 36.4 Å². The predicted molar refractivity (Wildman–Crippen MR) is 103 cm³/mol. The molecule has 9 heteroatoms. The van der Waals surface area contributed by atoms with Gasteiger partial charge < -0.3 is 4.74 Å². The van der Waals surface area contributed by atoms with Gasteiger partial charge in [-0.1, -0.05) is 12.1 Å². The van der Waals surface area contributed by atoms with Crippen LogP contribution in [0, 0.1) is 18.3 Å². The number of hydrogen-bond acceptors (Lipinski definition) is 6. The van der Waals surface area contributed by atoms with Crippen LogP contribution in [0.2, 0.25) is 0 Å². The summed E-state index contributed by atoms with van der Waals surface area (Å²) in [7, 11) is -3.97. The molecule has 0 bridgehead atoms. The van der Waals surface area contributed by atoms with Crippen molar-refractivity contribution >= 4 is 26.7 Å². The molecule has 8 nitrogen and oxygen atoms in total. The summed E-state index contributed by atoms with van der Waals surface area (Å²) in [5.41, 5.74) is 1.51. The monoisotopic (exact) mass is 397 g/mol. The highest BCUT2D eigenvalue weighted by Gasteiger charge is 2.26. The van der Waals surface area contributed by atoms with Crippen LogP contribution < -0.4 is 4.72 Å². The first-order chi connectivity index (χ1) is 13.5. The summed E-state index contributed by atoms with van der Waals surface area (Å²) in [5, 5.41) is 14.4. The lowest BCUT2D eigenvalue weighted by molar-refractivity contribution is 0.0669. The highest BCUT2D eigenvalue weighted by atomic mass is 32.2. The third kappa shape index (κ3) is 3.32. The first-order valence-electron chi connectivity index (χ1n) is 8.93. The largest absolute Gasteiger partial charge is 0.381 e. The summed E-state index contributed by atoms with van der Waals surface area (Å²) in [5.74, 6) is 0.179. The zero-order chi connectivity index (χ0) is 19.7. The summed E-state index contributed by atoms with van der Waals surface area (Å²) in [4.78, 5) is 4.37. The van der Waals surface area contributed by atoms with Crippen molar-refractivity contribution in [1.82, 2.24) is 14.8 Å². The SMILES string of the molecule is Cc1cnc2c(S(=O)(=O)Nc3c(C#N)cnn3C3CCOCC3)cccc2c1. The van der Waals surface area contributed by atoms with E-state index in [4.69, 9.17) is 4.74 Å². The van der Waals surface area contributed by atoms with E-state index in [0.717, 1.165) is 10.9 Å². The predicted octanol–water partition coefficient (Wildman–Crippen LogP) is 2.76. The Bertz CT molecular complexity index is 1170. The smallest absolute Gasteiger partial charge is 0.265 e. The van der Waals surface area contributed by atoms with Crippen LogP contribution in [0.5, 0.6) is 0 Å². The Balaban J connectivity index is 1.77. The van der Waals surface area contributed by atoms with E-state index < -0.39 is 10.0 Å². The fraction of sp³-hybridized carbons (Fsp3) is 0.316. The molecule has 1 N–H and O–H groups in total. The number of nitrogens with one attached hydrogen (secondary N) is 1. The molecule has 0 amide bonds. The Morgan fingerprint density at radius 3 is 2.82 bits per heavy atom. The van der Waals surface area contributed by atoms with Gasteiger partial charge in [-0.3, -0.25) is 9.71 Å². The zero-order valence-electron chi connectivity index (χ0n) is 15.3. The van der Waals surface area contributed by atoms with Crippen LogP contribution in [-0.2, 0) is 14.8 Å². The molecule has 3 heterocycles. The number of fused-ring (bicyclic) bond motifs is 1. The summed E-state index contributed by atoms with van der Waals surface area (Å²) in [6.07, 6.45) is 4.43. The number of nitriles is 1. The molecule has 1 aliphatic heterocycles. The fourth-order valence-electron chi connectivity index (χ4n) is 3.39. The molecule has 144 valence electrons. The molecule has 1 fully saturated rings. The van der Waals surface area contributed by atoms with Crippen LogP contribution in [0.1, 0.15) is 30.0 Å². The molecule has 2 aromatic heterocycles. The second-order valence-electron chi connectivity index (χ2n) is 6.75. The van der Waals surface area contributed by atoms with E-state index in [1.54, 1.807) is 16.9 Å². The standard InChI is InChI=1S/C19H19N5O3S/c1-13-9-14-3-2-4-17(18(14)21-11-13)28(25,26)23-19-15(10-20)12-22-24(19)16-5-7-27-8-6-16/h2-4,9,11-12,16,23H,5-8H2,1H3. The number of para-hydroxylation sites is 1. The van der Waals surface area contributed by atoms with Crippen molar-refractivity contribution in [2.45, 2.75) is 30.7 Å². The summed E-state index contributed by atoms with van der Waals surface area (Å²) in [6.45, 7) is 3.05. The van der Waals surface area contributed by atoms with Crippen LogP contribution in [0.3, 0.4) is 0 Å². The molecule has 4 rings (SSSR count). The Morgan fingerprint density at radius 1 is 1.29 bits per heavy atom. The minimum absolute atomic E-state index is 0.0261. The van der Waals surface area contributed by atoms with Crippen molar-refractivity contribution in [1.29, 1.82) is 5.26 Å². The average molecular weight is 397 g/mol. The maximum Gasteiger partial charge on any atom is 0.265 e.